The van der Waals surface area contributed by atoms with Gasteiger partial charge in [-0.15, -0.1) is 0 Å². The zero-order valence-corrected chi connectivity index (χ0v) is 19.8. The lowest BCUT2D eigenvalue weighted by Gasteiger charge is -2.55. The molecule has 2 saturated heterocycles. The highest BCUT2D eigenvalue weighted by Gasteiger charge is 2.45. The highest BCUT2D eigenvalue weighted by molar-refractivity contribution is 5.76. The van der Waals surface area contributed by atoms with Gasteiger partial charge in [0.1, 0.15) is 0 Å². The lowest BCUT2D eigenvalue weighted by Crippen LogP contribution is -2.58. The summed E-state index contributed by atoms with van der Waals surface area (Å²) in [5, 5.41) is 3.19. The van der Waals surface area contributed by atoms with Gasteiger partial charge in [-0.1, -0.05) is 37.8 Å². The Labute approximate surface area is 196 Å². The van der Waals surface area contributed by atoms with E-state index in [9.17, 15) is 4.79 Å². The smallest absolute Gasteiger partial charge is 0.294 e. The molecule has 3 heterocycles. The maximum Gasteiger partial charge on any atom is 0.294 e. The number of anilines is 1. The second-order valence-electron chi connectivity index (χ2n) is 11.2. The van der Waals surface area contributed by atoms with Gasteiger partial charge in [-0.25, -0.2) is 4.98 Å². The molecule has 6 atom stereocenters. The van der Waals surface area contributed by atoms with Gasteiger partial charge < -0.3 is 15.6 Å². The molecule has 2 saturated carbocycles. The second kappa shape index (κ2) is 9.03. The number of fused-ring (bicyclic) bond motifs is 5. The lowest BCUT2D eigenvalue weighted by molar-refractivity contribution is -0.0485. The van der Waals surface area contributed by atoms with Gasteiger partial charge in [-0.05, 0) is 68.9 Å². The van der Waals surface area contributed by atoms with Crippen molar-refractivity contribution in [2.75, 3.05) is 18.4 Å². The van der Waals surface area contributed by atoms with E-state index in [2.05, 4.69) is 25.8 Å². The molecular weight excluding hydrogens is 410 g/mol. The molecule has 178 valence electrons. The molecule has 4 bridgehead atoms. The average molecular weight is 450 g/mol. The second-order valence-corrected chi connectivity index (χ2v) is 11.2. The van der Waals surface area contributed by atoms with Gasteiger partial charge >= 0.3 is 0 Å². The Morgan fingerprint density at radius 3 is 2.30 bits per heavy atom. The topological polar surface area (TPSA) is 76.2 Å². The molecule has 1 aromatic heterocycles. The van der Waals surface area contributed by atoms with Crippen molar-refractivity contribution >= 4 is 16.9 Å². The van der Waals surface area contributed by atoms with E-state index in [4.69, 9.17) is 5.73 Å². The van der Waals surface area contributed by atoms with Crippen molar-refractivity contribution in [2.45, 2.75) is 94.8 Å². The fraction of sp³-hybridized carbons (Fsp3) is 0.704. The largest absolute Gasteiger partial charge is 0.364 e. The molecule has 0 amide bonds. The molecule has 3 N–H and O–H groups in total. The predicted octanol–water partition coefficient (Wildman–Crippen LogP) is 4.29. The van der Waals surface area contributed by atoms with Crippen LogP contribution in [0.2, 0.25) is 0 Å². The normalized spacial score (nSPS) is 34.3. The molecule has 0 unspecified atom stereocenters. The van der Waals surface area contributed by atoms with E-state index >= 15 is 0 Å². The van der Waals surface area contributed by atoms with E-state index in [1.54, 1.807) is 0 Å². The average Bonchev–Trinajstić information content (AvgIpc) is 2.82. The molecule has 4 fully saturated rings. The van der Waals surface area contributed by atoms with Gasteiger partial charge in [0.2, 0.25) is 0 Å². The third kappa shape index (κ3) is 3.99. The minimum absolute atomic E-state index is 0.0193. The van der Waals surface area contributed by atoms with Gasteiger partial charge in [-0.2, -0.15) is 0 Å². The Morgan fingerprint density at radius 1 is 0.879 bits per heavy atom. The van der Waals surface area contributed by atoms with Crippen LogP contribution >= 0.6 is 0 Å². The Morgan fingerprint density at radius 2 is 1.58 bits per heavy atom. The molecule has 6 heteroatoms. The summed E-state index contributed by atoms with van der Waals surface area (Å²) in [7, 11) is 0. The van der Waals surface area contributed by atoms with Crippen LogP contribution in [-0.4, -0.2) is 45.7 Å². The van der Waals surface area contributed by atoms with Crippen LogP contribution in [-0.2, 0) is 0 Å². The van der Waals surface area contributed by atoms with Crippen LogP contribution in [0.15, 0.2) is 29.1 Å². The maximum absolute atomic E-state index is 13.6. The first kappa shape index (κ1) is 21.6. The van der Waals surface area contributed by atoms with E-state index in [1.807, 2.05) is 18.2 Å². The van der Waals surface area contributed by atoms with Gasteiger partial charge in [0.25, 0.3) is 5.56 Å². The van der Waals surface area contributed by atoms with Crippen molar-refractivity contribution in [3.05, 3.63) is 34.6 Å². The molecule has 1 aromatic carbocycles. The molecule has 4 aliphatic rings. The maximum atomic E-state index is 13.6. The summed E-state index contributed by atoms with van der Waals surface area (Å²) in [6.07, 6.45) is 14.8. The van der Waals surface area contributed by atoms with Crippen molar-refractivity contribution in [3.63, 3.8) is 0 Å². The van der Waals surface area contributed by atoms with Crippen molar-refractivity contribution in [3.8, 4) is 0 Å². The number of hydrogen-bond acceptors (Lipinski definition) is 5. The van der Waals surface area contributed by atoms with Crippen LogP contribution in [0, 0.1) is 11.8 Å². The molecule has 6 nitrogen and oxygen atoms in total. The number of nitrogens with one attached hydrogen (secondary N) is 1. The minimum atomic E-state index is 0.0193. The van der Waals surface area contributed by atoms with Crippen LogP contribution in [0.5, 0.6) is 0 Å². The summed E-state index contributed by atoms with van der Waals surface area (Å²) in [6.45, 7) is 1.05. The van der Waals surface area contributed by atoms with Gasteiger partial charge in [-0.3, -0.25) is 9.69 Å². The molecule has 0 spiro atoms. The Hall–Kier alpha value is -1.92. The standard InChI is InChI=1S/C27H39N5O/c28-11-12-29-26-27(33)32(25-10-2-1-9-24(25)30-26)23-16-20-7-4-8-21(17-23)31(20)22-14-18-5-3-6-19(13-18)15-22/h1-2,9-10,18-23H,3-8,11-17,28H2,(H,29,30)/t18-,19+,20-,21+,22+,23+. The van der Waals surface area contributed by atoms with Crippen molar-refractivity contribution in [1.82, 2.24) is 14.5 Å². The Kier molecular flexibility index (Phi) is 5.91. The fourth-order valence-corrected chi connectivity index (χ4v) is 7.96. The Balaban J connectivity index is 1.32. The summed E-state index contributed by atoms with van der Waals surface area (Å²) in [4.78, 5) is 21.2. The van der Waals surface area contributed by atoms with E-state index in [-0.39, 0.29) is 11.6 Å². The van der Waals surface area contributed by atoms with Crippen molar-refractivity contribution in [2.24, 2.45) is 17.6 Å². The fourth-order valence-electron chi connectivity index (χ4n) is 7.96. The quantitative estimate of drug-likeness (QED) is 0.712. The predicted molar refractivity (Wildman–Crippen MR) is 134 cm³/mol. The summed E-state index contributed by atoms with van der Waals surface area (Å²) in [6, 6.07) is 10.4. The van der Waals surface area contributed by atoms with Crippen LogP contribution in [0.3, 0.4) is 0 Å². The molecule has 0 radical (unpaired) electrons. The monoisotopic (exact) mass is 449 g/mol. The number of nitrogens with zero attached hydrogens (tertiary/aromatic N) is 3. The van der Waals surface area contributed by atoms with Crippen LogP contribution in [0.4, 0.5) is 5.82 Å². The first-order valence-corrected chi connectivity index (χ1v) is 13.4. The van der Waals surface area contributed by atoms with E-state index in [0.29, 0.717) is 31.0 Å². The number of nitrogens with two attached hydrogens (primary N) is 1. The van der Waals surface area contributed by atoms with E-state index in [1.165, 1.54) is 57.8 Å². The summed E-state index contributed by atoms with van der Waals surface area (Å²) >= 11 is 0. The number of benzene rings is 1. The van der Waals surface area contributed by atoms with Crippen molar-refractivity contribution < 1.29 is 0 Å². The minimum Gasteiger partial charge on any atom is -0.364 e. The zero-order chi connectivity index (χ0) is 22.4. The lowest BCUT2D eigenvalue weighted by atomic mass is 9.68. The molecule has 2 aliphatic heterocycles. The molecule has 2 aromatic rings. The molecule has 33 heavy (non-hydrogen) atoms. The SMILES string of the molecule is NCCNc1nc2ccccc2n([C@H]2C[C@H]3CCC[C@@H](C2)N3[C@H]2C[C@@H]3CCC[C@@H](C3)C2)c1=O. The van der Waals surface area contributed by atoms with E-state index in [0.717, 1.165) is 41.8 Å². The number of hydrogen-bond donors (Lipinski definition) is 2. The first-order chi connectivity index (χ1) is 16.2. The summed E-state index contributed by atoms with van der Waals surface area (Å²) < 4.78 is 2.08. The number of rotatable bonds is 5. The van der Waals surface area contributed by atoms with Crippen LogP contribution < -0.4 is 16.6 Å². The van der Waals surface area contributed by atoms with E-state index < -0.39 is 0 Å². The highest BCUT2D eigenvalue weighted by atomic mass is 16.1. The first-order valence-electron chi connectivity index (χ1n) is 13.4. The number of aromatic nitrogens is 2. The van der Waals surface area contributed by atoms with Gasteiger partial charge in [0.05, 0.1) is 11.0 Å². The number of piperidine rings is 2. The Bertz CT molecular complexity index is 1020. The van der Waals surface area contributed by atoms with Crippen LogP contribution in [0.1, 0.15) is 76.7 Å². The van der Waals surface area contributed by atoms with Gasteiger partial charge in [0, 0.05) is 37.3 Å². The molecular formula is C27H39N5O. The number of para-hydroxylation sites is 2. The molecule has 2 aliphatic carbocycles. The van der Waals surface area contributed by atoms with Crippen LogP contribution in [0.25, 0.3) is 11.0 Å². The third-order valence-corrected chi connectivity index (χ3v) is 9.13. The van der Waals surface area contributed by atoms with Crippen molar-refractivity contribution in [1.29, 1.82) is 0 Å². The summed E-state index contributed by atoms with van der Waals surface area (Å²) in [5.41, 5.74) is 7.59. The zero-order valence-electron chi connectivity index (χ0n) is 19.8. The summed E-state index contributed by atoms with van der Waals surface area (Å²) in [5.74, 6) is 2.37. The van der Waals surface area contributed by atoms with Gasteiger partial charge in [0.15, 0.2) is 5.82 Å². The molecule has 6 rings (SSSR count). The highest BCUT2D eigenvalue weighted by Crippen LogP contribution is 2.47. The third-order valence-electron chi connectivity index (χ3n) is 9.13.